The lowest BCUT2D eigenvalue weighted by Crippen LogP contribution is -2.13. The number of anilines is 4. The largest absolute Gasteiger partial charge is 0.490 e. The first kappa shape index (κ1) is 23.9. The van der Waals surface area contributed by atoms with E-state index < -0.39 is 11.7 Å². The molecule has 1 heterocycles. The van der Waals surface area contributed by atoms with Crippen LogP contribution >= 0.6 is 0 Å². The van der Waals surface area contributed by atoms with Crippen LogP contribution in [-0.2, 0) is 12.6 Å². The summed E-state index contributed by atoms with van der Waals surface area (Å²) in [4.78, 5) is 8.03. The second kappa shape index (κ2) is 10.8. The van der Waals surface area contributed by atoms with E-state index in [1.807, 2.05) is 30.3 Å². The fourth-order valence-electron chi connectivity index (χ4n) is 3.99. The smallest absolute Gasteiger partial charge is 0.421 e. The lowest BCUT2D eigenvalue weighted by atomic mass is 10.1. The van der Waals surface area contributed by atoms with Crippen LogP contribution in [-0.4, -0.2) is 16.1 Å². The number of unbranched alkanes of at least 4 members (excludes halogenated alkanes) is 1. The summed E-state index contributed by atoms with van der Waals surface area (Å²) in [6.45, 7) is 2.14. The zero-order valence-corrected chi connectivity index (χ0v) is 19.2. The van der Waals surface area contributed by atoms with Crippen molar-refractivity contribution >= 4 is 23.1 Å². The Kier molecular flexibility index (Phi) is 7.55. The van der Waals surface area contributed by atoms with Crippen LogP contribution in [0.3, 0.4) is 0 Å². The monoisotopic (exact) mass is 470 g/mol. The van der Waals surface area contributed by atoms with Crippen LogP contribution in [0.5, 0.6) is 5.75 Å². The fraction of sp³-hybridized carbons (Fsp3) is 0.385. The van der Waals surface area contributed by atoms with Gasteiger partial charge >= 0.3 is 6.18 Å². The van der Waals surface area contributed by atoms with Crippen molar-refractivity contribution in [2.24, 2.45) is 0 Å². The molecule has 2 N–H and O–H groups in total. The van der Waals surface area contributed by atoms with Crippen molar-refractivity contribution in [1.82, 2.24) is 9.97 Å². The first-order valence-electron chi connectivity index (χ1n) is 11.7. The molecule has 0 spiro atoms. The van der Waals surface area contributed by atoms with Crippen LogP contribution in [0, 0.1) is 0 Å². The SMILES string of the molecule is CCCCc1ccc(Nc2ncc(C(F)(F)F)c(Nc3cccc(OC4CCCC4)c3)n2)cc1. The highest BCUT2D eigenvalue weighted by molar-refractivity contribution is 5.64. The van der Waals surface area contributed by atoms with Crippen molar-refractivity contribution in [3.63, 3.8) is 0 Å². The highest BCUT2D eigenvalue weighted by Gasteiger charge is 2.35. The van der Waals surface area contributed by atoms with Gasteiger partial charge in [-0.3, -0.25) is 0 Å². The van der Waals surface area contributed by atoms with E-state index in [0.29, 0.717) is 17.1 Å². The zero-order chi connectivity index (χ0) is 24.0. The highest BCUT2D eigenvalue weighted by Crippen LogP contribution is 2.36. The summed E-state index contributed by atoms with van der Waals surface area (Å²) in [6.07, 6.45) is 3.83. The Bertz CT molecular complexity index is 1080. The van der Waals surface area contributed by atoms with E-state index in [0.717, 1.165) is 51.1 Å². The highest BCUT2D eigenvalue weighted by atomic mass is 19.4. The molecule has 4 rings (SSSR count). The first-order valence-corrected chi connectivity index (χ1v) is 11.7. The van der Waals surface area contributed by atoms with E-state index in [-0.39, 0.29) is 17.9 Å². The van der Waals surface area contributed by atoms with Crippen molar-refractivity contribution in [3.05, 3.63) is 65.9 Å². The van der Waals surface area contributed by atoms with Crippen molar-refractivity contribution in [3.8, 4) is 5.75 Å². The molecule has 1 aliphatic rings. The molecule has 0 bridgehead atoms. The number of hydrogen-bond donors (Lipinski definition) is 2. The van der Waals surface area contributed by atoms with Gasteiger partial charge in [0.2, 0.25) is 5.95 Å². The number of hydrogen-bond acceptors (Lipinski definition) is 5. The molecule has 3 aromatic rings. The maximum absolute atomic E-state index is 13.6. The summed E-state index contributed by atoms with van der Waals surface area (Å²) in [5.41, 5.74) is 1.45. The number of nitrogens with zero attached hydrogens (tertiary/aromatic N) is 2. The van der Waals surface area contributed by atoms with E-state index in [2.05, 4.69) is 27.5 Å². The van der Waals surface area contributed by atoms with Gasteiger partial charge in [0.15, 0.2) is 0 Å². The van der Waals surface area contributed by atoms with E-state index in [1.165, 1.54) is 5.56 Å². The molecule has 0 aliphatic heterocycles. The second-order valence-electron chi connectivity index (χ2n) is 8.56. The molecule has 0 saturated heterocycles. The minimum atomic E-state index is -4.60. The van der Waals surface area contributed by atoms with Gasteiger partial charge in [-0.1, -0.05) is 31.5 Å². The Hall–Kier alpha value is -3.29. The quantitative estimate of drug-likeness (QED) is 0.336. The van der Waals surface area contributed by atoms with E-state index in [9.17, 15) is 13.2 Å². The molecule has 1 saturated carbocycles. The number of alkyl halides is 3. The lowest BCUT2D eigenvalue weighted by molar-refractivity contribution is -0.137. The van der Waals surface area contributed by atoms with Gasteiger partial charge in [0.25, 0.3) is 0 Å². The molecular formula is C26H29F3N4O. The third-order valence-corrected chi connectivity index (χ3v) is 5.82. The number of benzene rings is 2. The molecule has 8 heteroatoms. The normalized spacial score (nSPS) is 14.2. The summed E-state index contributed by atoms with van der Waals surface area (Å²) >= 11 is 0. The Balaban J connectivity index is 1.53. The molecule has 2 aromatic carbocycles. The third kappa shape index (κ3) is 6.40. The van der Waals surface area contributed by atoms with Gasteiger partial charge in [-0.25, -0.2) is 4.98 Å². The van der Waals surface area contributed by atoms with Crippen LogP contribution in [0.4, 0.5) is 36.3 Å². The number of halogens is 3. The van der Waals surface area contributed by atoms with Gasteiger partial charge in [-0.15, -0.1) is 0 Å². The van der Waals surface area contributed by atoms with Gasteiger partial charge in [-0.2, -0.15) is 18.2 Å². The molecule has 0 radical (unpaired) electrons. The molecule has 5 nitrogen and oxygen atoms in total. The summed E-state index contributed by atoms with van der Waals surface area (Å²) in [6, 6.07) is 14.7. The van der Waals surface area contributed by atoms with Crippen molar-refractivity contribution in [2.45, 2.75) is 64.1 Å². The summed E-state index contributed by atoms with van der Waals surface area (Å²) in [7, 11) is 0. The van der Waals surface area contributed by atoms with Crippen molar-refractivity contribution in [1.29, 1.82) is 0 Å². The molecule has 0 amide bonds. The number of rotatable bonds is 9. The van der Waals surface area contributed by atoms with Gasteiger partial charge < -0.3 is 15.4 Å². The van der Waals surface area contributed by atoms with Crippen LogP contribution in [0.1, 0.15) is 56.6 Å². The second-order valence-corrected chi connectivity index (χ2v) is 8.56. The molecule has 0 unspecified atom stereocenters. The molecular weight excluding hydrogens is 441 g/mol. The van der Waals surface area contributed by atoms with E-state index in [1.54, 1.807) is 18.2 Å². The fourth-order valence-corrected chi connectivity index (χ4v) is 3.99. The average molecular weight is 471 g/mol. The first-order chi connectivity index (χ1) is 16.4. The minimum absolute atomic E-state index is 0.0789. The molecule has 180 valence electrons. The number of ether oxygens (including phenoxy) is 1. The standard InChI is InChI=1S/C26H29F3N4O/c1-2-3-7-18-12-14-19(15-13-18)32-25-30-17-23(26(27,28)29)24(33-25)31-20-8-6-11-22(16-20)34-21-9-4-5-10-21/h6,8,11-17,21H,2-5,7,9-10H2,1H3,(H2,30,31,32,33). The number of aromatic nitrogens is 2. The average Bonchev–Trinajstić information content (AvgIpc) is 3.31. The van der Waals surface area contributed by atoms with Crippen LogP contribution in [0.15, 0.2) is 54.7 Å². The van der Waals surface area contributed by atoms with Crippen molar-refractivity contribution < 1.29 is 17.9 Å². The number of nitrogens with one attached hydrogen (secondary N) is 2. The van der Waals surface area contributed by atoms with Gasteiger partial charge in [0.05, 0.1) is 6.10 Å². The lowest BCUT2D eigenvalue weighted by Gasteiger charge is -2.17. The van der Waals surface area contributed by atoms with Crippen LogP contribution < -0.4 is 15.4 Å². The number of aryl methyl sites for hydroxylation is 1. The molecule has 0 atom stereocenters. The molecule has 1 aromatic heterocycles. The molecule has 1 aliphatic carbocycles. The minimum Gasteiger partial charge on any atom is -0.490 e. The summed E-state index contributed by atoms with van der Waals surface area (Å²) in [5.74, 6) is 0.388. The summed E-state index contributed by atoms with van der Waals surface area (Å²) < 4.78 is 46.9. The van der Waals surface area contributed by atoms with Gasteiger partial charge in [0, 0.05) is 23.6 Å². The van der Waals surface area contributed by atoms with Gasteiger partial charge in [0.1, 0.15) is 17.1 Å². The van der Waals surface area contributed by atoms with Gasteiger partial charge in [-0.05, 0) is 68.4 Å². The zero-order valence-electron chi connectivity index (χ0n) is 19.2. The maximum Gasteiger partial charge on any atom is 0.421 e. The summed E-state index contributed by atoms with van der Waals surface area (Å²) in [5, 5.41) is 5.81. The van der Waals surface area contributed by atoms with E-state index in [4.69, 9.17) is 4.74 Å². The maximum atomic E-state index is 13.6. The Morgan fingerprint density at radius 2 is 1.76 bits per heavy atom. The molecule has 34 heavy (non-hydrogen) atoms. The van der Waals surface area contributed by atoms with E-state index >= 15 is 0 Å². The topological polar surface area (TPSA) is 59.1 Å². The molecule has 1 fully saturated rings. The third-order valence-electron chi connectivity index (χ3n) is 5.82. The Morgan fingerprint density at radius 3 is 2.47 bits per heavy atom. The Morgan fingerprint density at radius 1 is 1.00 bits per heavy atom. The Labute approximate surface area is 197 Å². The predicted molar refractivity (Wildman–Crippen MR) is 128 cm³/mol. The predicted octanol–water partition coefficient (Wildman–Crippen LogP) is 7.65. The van der Waals surface area contributed by atoms with Crippen LogP contribution in [0.2, 0.25) is 0 Å². The van der Waals surface area contributed by atoms with Crippen molar-refractivity contribution in [2.75, 3.05) is 10.6 Å². The van der Waals surface area contributed by atoms with Crippen LogP contribution in [0.25, 0.3) is 0 Å².